The van der Waals surface area contributed by atoms with Gasteiger partial charge in [-0.15, -0.1) is 0 Å². The van der Waals surface area contributed by atoms with Crippen LogP contribution in [-0.2, 0) is 0 Å². The van der Waals surface area contributed by atoms with Crippen molar-refractivity contribution in [3.05, 3.63) is 90.5 Å². The van der Waals surface area contributed by atoms with Crippen LogP contribution in [0.4, 0.5) is 4.39 Å². The highest BCUT2D eigenvalue weighted by atomic mass is 19.1. The van der Waals surface area contributed by atoms with Gasteiger partial charge in [0.25, 0.3) is 0 Å². The second kappa shape index (κ2) is 6.84. The lowest BCUT2D eigenvalue weighted by Crippen LogP contribution is -2.03. The van der Waals surface area contributed by atoms with E-state index in [9.17, 15) is 14.3 Å². The first-order chi connectivity index (χ1) is 13.1. The molecule has 0 amide bonds. The molecule has 0 saturated heterocycles. The molecule has 0 spiro atoms. The van der Waals surface area contributed by atoms with Gasteiger partial charge in [-0.3, -0.25) is 4.98 Å². The van der Waals surface area contributed by atoms with Crippen LogP contribution in [0.25, 0.3) is 28.2 Å². The van der Waals surface area contributed by atoms with Crippen molar-refractivity contribution in [2.24, 2.45) is 0 Å². The first-order valence-corrected chi connectivity index (χ1v) is 8.23. The Labute approximate surface area is 154 Å². The van der Waals surface area contributed by atoms with Crippen molar-refractivity contribution in [1.82, 2.24) is 14.8 Å². The lowest BCUT2D eigenvalue weighted by Gasteiger charge is -2.08. The number of carbonyl (C=O) groups is 1. The minimum absolute atomic E-state index is 0.0681. The van der Waals surface area contributed by atoms with Gasteiger partial charge in [-0.2, -0.15) is 5.10 Å². The molecular weight excluding hydrogens is 345 g/mol. The number of nitrogens with zero attached hydrogens (tertiary/aromatic N) is 3. The van der Waals surface area contributed by atoms with Crippen LogP contribution in [0.3, 0.4) is 0 Å². The van der Waals surface area contributed by atoms with Gasteiger partial charge in [-0.25, -0.2) is 13.9 Å². The van der Waals surface area contributed by atoms with E-state index in [1.54, 1.807) is 36.7 Å². The highest BCUT2D eigenvalue weighted by Gasteiger charge is 2.26. The number of hydrogen-bond donors (Lipinski definition) is 1. The van der Waals surface area contributed by atoms with Crippen LogP contribution >= 0.6 is 0 Å². The summed E-state index contributed by atoms with van der Waals surface area (Å²) in [5.41, 5.74) is 2.65. The third kappa shape index (κ3) is 3.08. The second-order valence-electron chi connectivity index (χ2n) is 5.87. The predicted octanol–water partition coefficient (Wildman–Crippen LogP) is 4.44. The minimum Gasteiger partial charge on any atom is -0.478 e. The second-order valence-corrected chi connectivity index (χ2v) is 5.87. The van der Waals surface area contributed by atoms with E-state index in [1.807, 2.05) is 30.3 Å². The molecule has 0 aliphatic heterocycles. The third-order valence-corrected chi connectivity index (χ3v) is 4.15. The molecule has 2 aromatic carbocycles. The van der Waals surface area contributed by atoms with E-state index in [0.29, 0.717) is 28.2 Å². The molecule has 0 aliphatic carbocycles. The Morgan fingerprint density at radius 3 is 2.26 bits per heavy atom. The maximum atomic E-state index is 13.4. The largest absolute Gasteiger partial charge is 0.478 e. The highest BCUT2D eigenvalue weighted by molar-refractivity contribution is 6.01. The summed E-state index contributed by atoms with van der Waals surface area (Å²) in [6, 6.07) is 18.4. The zero-order valence-electron chi connectivity index (χ0n) is 14.1. The molecule has 5 nitrogen and oxygen atoms in total. The fraction of sp³-hybridized carbons (Fsp3) is 0. The maximum absolute atomic E-state index is 13.4. The molecule has 1 N–H and O–H groups in total. The Hall–Kier alpha value is -3.80. The topological polar surface area (TPSA) is 68.0 Å². The summed E-state index contributed by atoms with van der Waals surface area (Å²) in [5, 5.41) is 14.5. The summed E-state index contributed by atoms with van der Waals surface area (Å²) in [6.07, 6.45) is 3.18. The number of carboxylic acids is 1. The number of aromatic nitrogens is 3. The third-order valence-electron chi connectivity index (χ3n) is 4.15. The van der Waals surface area contributed by atoms with Crippen molar-refractivity contribution in [2.75, 3.05) is 0 Å². The number of aromatic carboxylic acids is 1. The molecule has 27 heavy (non-hydrogen) atoms. The fourth-order valence-corrected chi connectivity index (χ4v) is 2.96. The van der Waals surface area contributed by atoms with Gasteiger partial charge in [-0.1, -0.05) is 30.3 Å². The Morgan fingerprint density at radius 2 is 1.63 bits per heavy atom. The zero-order valence-corrected chi connectivity index (χ0v) is 14.1. The normalized spacial score (nSPS) is 10.7. The standard InChI is InChI=1S/C21H14FN3O2/c22-16-8-10-17(11-9-16)25-20(14-5-2-1-3-6-14)18(21(26)27)19(24-25)15-7-4-12-23-13-15/h1-13H,(H,26,27). The summed E-state index contributed by atoms with van der Waals surface area (Å²) < 4.78 is 14.9. The average Bonchev–Trinajstić information content (AvgIpc) is 3.11. The monoisotopic (exact) mass is 359 g/mol. The van der Waals surface area contributed by atoms with Gasteiger partial charge in [0.1, 0.15) is 17.1 Å². The first kappa shape index (κ1) is 16.7. The molecule has 0 unspecified atom stereocenters. The Morgan fingerprint density at radius 1 is 0.926 bits per heavy atom. The van der Waals surface area contributed by atoms with Gasteiger partial charge < -0.3 is 5.11 Å². The van der Waals surface area contributed by atoms with E-state index in [4.69, 9.17) is 0 Å². The van der Waals surface area contributed by atoms with E-state index in [1.165, 1.54) is 16.8 Å². The minimum atomic E-state index is -1.10. The summed E-state index contributed by atoms with van der Waals surface area (Å²) in [7, 11) is 0. The summed E-state index contributed by atoms with van der Waals surface area (Å²) >= 11 is 0. The number of pyridine rings is 1. The SMILES string of the molecule is O=C(O)c1c(-c2cccnc2)nn(-c2ccc(F)cc2)c1-c1ccccc1. The predicted molar refractivity (Wildman–Crippen MR) is 99.1 cm³/mol. The van der Waals surface area contributed by atoms with Crippen LogP contribution < -0.4 is 0 Å². The molecule has 0 radical (unpaired) electrons. The quantitative estimate of drug-likeness (QED) is 0.585. The first-order valence-electron chi connectivity index (χ1n) is 8.23. The zero-order chi connectivity index (χ0) is 18.8. The summed E-state index contributed by atoms with van der Waals surface area (Å²) in [6.45, 7) is 0. The lowest BCUT2D eigenvalue weighted by molar-refractivity contribution is 0.0698. The van der Waals surface area contributed by atoms with Crippen molar-refractivity contribution in [3.63, 3.8) is 0 Å². The molecule has 0 atom stereocenters. The Balaban J connectivity index is 2.06. The Bertz CT molecular complexity index is 1090. The van der Waals surface area contributed by atoms with E-state index in [-0.39, 0.29) is 11.4 Å². The molecule has 0 aliphatic rings. The maximum Gasteiger partial charge on any atom is 0.340 e. The van der Waals surface area contributed by atoms with Crippen LogP contribution in [-0.4, -0.2) is 25.8 Å². The molecule has 4 rings (SSSR count). The van der Waals surface area contributed by atoms with Gasteiger partial charge in [0.05, 0.1) is 11.4 Å². The lowest BCUT2D eigenvalue weighted by atomic mass is 10.0. The summed E-state index contributed by atoms with van der Waals surface area (Å²) in [4.78, 5) is 16.2. The van der Waals surface area contributed by atoms with Gasteiger partial charge in [0, 0.05) is 23.5 Å². The summed E-state index contributed by atoms with van der Waals surface area (Å²) in [5.74, 6) is -1.47. The van der Waals surface area contributed by atoms with E-state index in [0.717, 1.165) is 0 Å². The molecule has 2 aromatic heterocycles. The highest BCUT2D eigenvalue weighted by Crippen LogP contribution is 2.34. The number of hydrogen-bond acceptors (Lipinski definition) is 3. The van der Waals surface area contributed by atoms with Crippen LogP contribution in [0.5, 0.6) is 0 Å². The van der Waals surface area contributed by atoms with Crippen molar-refractivity contribution >= 4 is 5.97 Å². The molecule has 2 heterocycles. The van der Waals surface area contributed by atoms with E-state index >= 15 is 0 Å². The van der Waals surface area contributed by atoms with Gasteiger partial charge in [0.2, 0.25) is 0 Å². The van der Waals surface area contributed by atoms with Crippen molar-refractivity contribution in [1.29, 1.82) is 0 Å². The number of halogens is 1. The Kier molecular flexibility index (Phi) is 4.22. The molecule has 6 heteroatoms. The molecule has 0 fully saturated rings. The van der Waals surface area contributed by atoms with Gasteiger partial charge >= 0.3 is 5.97 Å². The molecule has 0 saturated carbocycles. The van der Waals surface area contributed by atoms with Crippen molar-refractivity contribution in [3.8, 4) is 28.2 Å². The number of carboxylic acid groups (broad SMARTS) is 1. The molecule has 0 bridgehead atoms. The number of benzene rings is 2. The van der Waals surface area contributed by atoms with Gasteiger partial charge in [0.15, 0.2) is 0 Å². The average molecular weight is 359 g/mol. The van der Waals surface area contributed by atoms with Crippen molar-refractivity contribution in [2.45, 2.75) is 0 Å². The van der Waals surface area contributed by atoms with E-state index in [2.05, 4.69) is 10.1 Å². The number of rotatable bonds is 4. The van der Waals surface area contributed by atoms with Crippen LogP contribution in [0.2, 0.25) is 0 Å². The molecule has 132 valence electrons. The smallest absolute Gasteiger partial charge is 0.340 e. The van der Waals surface area contributed by atoms with Crippen LogP contribution in [0.1, 0.15) is 10.4 Å². The van der Waals surface area contributed by atoms with Gasteiger partial charge in [-0.05, 0) is 36.4 Å². The molecular formula is C21H14FN3O2. The molecule has 4 aromatic rings. The van der Waals surface area contributed by atoms with E-state index < -0.39 is 5.97 Å². The van der Waals surface area contributed by atoms with Crippen LogP contribution in [0, 0.1) is 5.82 Å². The fourth-order valence-electron chi connectivity index (χ4n) is 2.96. The van der Waals surface area contributed by atoms with Crippen molar-refractivity contribution < 1.29 is 14.3 Å². The van der Waals surface area contributed by atoms with Crippen LogP contribution in [0.15, 0.2) is 79.1 Å².